The molecule has 0 aliphatic carbocycles. The third kappa shape index (κ3) is 9.59. The lowest BCUT2D eigenvalue weighted by Crippen LogP contribution is -1.84. The molecule has 0 amide bonds. The fraction of sp³-hybridized carbons (Fsp3) is 0.583. The molecular weight excluding hydrogens is 192 g/mol. The van der Waals surface area contributed by atoms with E-state index in [0.29, 0.717) is 0 Å². The molecule has 0 saturated carbocycles. The Morgan fingerprint density at radius 2 is 1.79 bits per heavy atom. The summed E-state index contributed by atoms with van der Waals surface area (Å²) in [7, 11) is 0. The van der Waals surface area contributed by atoms with E-state index in [1.165, 1.54) is 22.9 Å². The Morgan fingerprint density at radius 1 is 1.14 bits per heavy atom. The van der Waals surface area contributed by atoms with E-state index in [1.54, 1.807) is 6.92 Å². The minimum absolute atomic E-state index is 0.193. The topological polar surface area (TPSA) is 17.1 Å². The Bertz CT molecular complexity index is 235. The van der Waals surface area contributed by atoms with Crippen molar-refractivity contribution >= 4 is 16.9 Å². The van der Waals surface area contributed by atoms with Crippen LogP contribution in [0.5, 0.6) is 0 Å². The largest absolute Gasteiger partial charge is 0.288 e. The molecule has 1 nitrogen and oxygen atoms in total. The molecule has 0 aromatic rings. The lowest BCUT2D eigenvalue weighted by Gasteiger charge is -1.98. The predicted molar refractivity (Wildman–Crippen MR) is 65.6 cm³/mol. The lowest BCUT2D eigenvalue weighted by molar-refractivity contribution is -0.109. The number of hydrogen-bond acceptors (Lipinski definition) is 2. The zero-order valence-electron chi connectivity index (χ0n) is 9.59. The second-order valence-electron chi connectivity index (χ2n) is 3.67. The van der Waals surface area contributed by atoms with Crippen LogP contribution in [-0.4, -0.2) is 10.9 Å². The molecule has 0 heterocycles. The summed E-state index contributed by atoms with van der Waals surface area (Å²) < 4.78 is 0. The maximum Gasteiger partial charge on any atom is 0.186 e. The summed E-state index contributed by atoms with van der Waals surface area (Å²) in [5, 5.41) is 0.193. The van der Waals surface area contributed by atoms with Crippen molar-refractivity contribution in [1.29, 1.82) is 0 Å². The second kappa shape index (κ2) is 7.86. The molecule has 0 aromatic carbocycles. The molecule has 14 heavy (non-hydrogen) atoms. The van der Waals surface area contributed by atoms with Gasteiger partial charge in [-0.1, -0.05) is 35.1 Å². The SMILES string of the molecule is CC(=O)SCC=C(C)CCC=C(C)C. The molecule has 0 unspecified atom stereocenters. The van der Waals surface area contributed by atoms with E-state index in [4.69, 9.17) is 0 Å². The van der Waals surface area contributed by atoms with E-state index in [1.807, 2.05) is 0 Å². The molecule has 0 aliphatic rings. The first-order valence-electron chi connectivity index (χ1n) is 4.94. The average molecular weight is 212 g/mol. The van der Waals surface area contributed by atoms with Crippen molar-refractivity contribution in [2.45, 2.75) is 40.5 Å². The molecule has 0 rings (SSSR count). The van der Waals surface area contributed by atoms with Gasteiger partial charge in [0.25, 0.3) is 0 Å². The Labute approximate surface area is 91.7 Å². The zero-order valence-corrected chi connectivity index (χ0v) is 10.4. The fourth-order valence-electron chi connectivity index (χ4n) is 0.992. The van der Waals surface area contributed by atoms with E-state index in [-0.39, 0.29) is 5.12 Å². The highest BCUT2D eigenvalue weighted by Gasteiger charge is 1.92. The van der Waals surface area contributed by atoms with Gasteiger partial charge in [-0.05, 0) is 33.6 Å². The summed E-state index contributed by atoms with van der Waals surface area (Å²) >= 11 is 1.37. The first-order chi connectivity index (χ1) is 6.52. The molecule has 0 fully saturated rings. The minimum Gasteiger partial charge on any atom is -0.288 e. The summed E-state index contributed by atoms with van der Waals surface area (Å²) in [5.74, 6) is 0.815. The van der Waals surface area contributed by atoms with Crippen LogP contribution < -0.4 is 0 Å². The van der Waals surface area contributed by atoms with Gasteiger partial charge < -0.3 is 0 Å². The number of thioether (sulfide) groups is 1. The number of rotatable bonds is 5. The molecule has 0 N–H and O–H groups in total. The van der Waals surface area contributed by atoms with Crippen LogP contribution in [0.2, 0.25) is 0 Å². The van der Waals surface area contributed by atoms with Crippen LogP contribution in [-0.2, 0) is 4.79 Å². The summed E-state index contributed by atoms with van der Waals surface area (Å²) in [6.45, 7) is 7.96. The van der Waals surface area contributed by atoms with Crippen molar-refractivity contribution in [1.82, 2.24) is 0 Å². The normalized spacial score (nSPS) is 11.3. The van der Waals surface area contributed by atoms with Crippen molar-refractivity contribution in [3.63, 3.8) is 0 Å². The van der Waals surface area contributed by atoms with E-state index in [9.17, 15) is 4.79 Å². The smallest absolute Gasteiger partial charge is 0.186 e. The molecule has 0 spiro atoms. The van der Waals surface area contributed by atoms with Gasteiger partial charge in [-0.15, -0.1) is 0 Å². The Kier molecular flexibility index (Phi) is 7.58. The summed E-state index contributed by atoms with van der Waals surface area (Å²) in [4.78, 5) is 10.7. The summed E-state index contributed by atoms with van der Waals surface area (Å²) in [6, 6.07) is 0. The highest BCUT2D eigenvalue weighted by atomic mass is 32.2. The van der Waals surface area contributed by atoms with Crippen LogP contribution >= 0.6 is 11.8 Å². The lowest BCUT2D eigenvalue weighted by atomic mass is 10.1. The van der Waals surface area contributed by atoms with Crippen molar-refractivity contribution < 1.29 is 4.79 Å². The van der Waals surface area contributed by atoms with E-state index in [2.05, 4.69) is 32.9 Å². The maximum absolute atomic E-state index is 10.7. The molecule has 0 bridgehead atoms. The van der Waals surface area contributed by atoms with E-state index in [0.717, 1.165) is 18.6 Å². The van der Waals surface area contributed by atoms with Gasteiger partial charge in [-0.3, -0.25) is 4.79 Å². The molecule has 0 saturated heterocycles. The quantitative estimate of drug-likeness (QED) is 0.642. The molecule has 2 heteroatoms. The third-order valence-electron chi connectivity index (χ3n) is 1.81. The van der Waals surface area contributed by atoms with Crippen LogP contribution in [0.15, 0.2) is 23.3 Å². The van der Waals surface area contributed by atoms with Gasteiger partial charge in [0, 0.05) is 12.7 Å². The van der Waals surface area contributed by atoms with Gasteiger partial charge in [0.2, 0.25) is 0 Å². The zero-order chi connectivity index (χ0) is 11.0. The average Bonchev–Trinajstić information content (AvgIpc) is 2.02. The van der Waals surface area contributed by atoms with E-state index >= 15 is 0 Å². The van der Waals surface area contributed by atoms with Crippen LogP contribution in [0.25, 0.3) is 0 Å². The number of allylic oxidation sites excluding steroid dienone is 3. The first-order valence-corrected chi connectivity index (χ1v) is 5.93. The first kappa shape index (κ1) is 13.5. The highest BCUT2D eigenvalue weighted by Crippen LogP contribution is 2.09. The van der Waals surface area contributed by atoms with Crippen molar-refractivity contribution in [2.75, 3.05) is 5.75 Å². The number of carbonyl (C=O) groups excluding carboxylic acids is 1. The van der Waals surface area contributed by atoms with Gasteiger partial charge in [-0.2, -0.15) is 0 Å². The summed E-state index contributed by atoms with van der Waals surface area (Å²) in [5.41, 5.74) is 2.74. The van der Waals surface area contributed by atoms with Gasteiger partial charge in [0.15, 0.2) is 5.12 Å². The van der Waals surface area contributed by atoms with Gasteiger partial charge in [-0.25, -0.2) is 0 Å². The Balaban J connectivity index is 3.67. The molecular formula is C12H20OS. The van der Waals surface area contributed by atoms with Crippen LogP contribution in [0, 0.1) is 0 Å². The van der Waals surface area contributed by atoms with Crippen LogP contribution in [0.1, 0.15) is 40.5 Å². The van der Waals surface area contributed by atoms with Crippen LogP contribution in [0.3, 0.4) is 0 Å². The molecule has 80 valence electrons. The Morgan fingerprint density at radius 3 is 2.29 bits per heavy atom. The van der Waals surface area contributed by atoms with Gasteiger partial charge in [0.05, 0.1) is 0 Å². The van der Waals surface area contributed by atoms with Gasteiger partial charge >= 0.3 is 0 Å². The van der Waals surface area contributed by atoms with Crippen LogP contribution in [0.4, 0.5) is 0 Å². The highest BCUT2D eigenvalue weighted by molar-refractivity contribution is 8.13. The van der Waals surface area contributed by atoms with Crippen molar-refractivity contribution in [3.8, 4) is 0 Å². The monoisotopic (exact) mass is 212 g/mol. The standard InChI is InChI=1S/C12H20OS/c1-10(2)6-5-7-11(3)8-9-14-12(4)13/h6,8H,5,7,9H2,1-4H3. The molecule has 0 atom stereocenters. The van der Waals surface area contributed by atoms with Crippen molar-refractivity contribution in [2.24, 2.45) is 0 Å². The minimum atomic E-state index is 0.193. The van der Waals surface area contributed by atoms with E-state index < -0.39 is 0 Å². The summed E-state index contributed by atoms with van der Waals surface area (Å²) in [6.07, 6.45) is 6.60. The Hall–Kier alpha value is -0.500. The molecule has 0 radical (unpaired) electrons. The second-order valence-corrected chi connectivity index (χ2v) is 4.87. The fourth-order valence-corrected chi connectivity index (χ4v) is 1.59. The van der Waals surface area contributed by atoms with Gasteiger partial charge in [0.1, 0.15) is 0 Å². The predicted octanol–water partition coefficient (Wildman–Crippen LogP) is 3.96. The number of carbonyl (C=O) groups is 1. The van der Waals surface area contributed by atoms with Crippen molar-refractivity contribution in [3.05, 3.63) is 23.3 Å². The maximum atomic E-state index is 10.7. The molecule has 0 aliphatic heterocycles. The third-order valence-corrected chi connectivity index (χ3v) is 2.55. The molecule has 0 aromatic heterocycles. The number of hydrogen-bond donors (Lipinski definition) is 0.